The number of nitriles is 1. The van der Waals surface area contributed by atoms with Gasteiger partial charge < -0.3 is 69.5 Å². The Balaban J connectivity index is 0.722. The second-order valence-corrected chi connectivity index (χ2v) is 21.2. The van der Waals surface area contributed by atoms with Gasteiger partial charge in [0.2, 0.25) is 5.91 Å². The summed E-state index contributed by atoms with van der Waals surface area (Å²) in [7, 11) is 7.99. The van der Waals surface area contributed by atoms with Crippen molar-refractivity contribution in [1.29, 1.82) is 5.26 Å². The van der Waals surface area contributed by atoms with Crippen LogP contribution in [0.15, 0.2) is 84.9 Å². The van der Waals surface area contributed by atoms with Crippen LogP contribution in [0, 0.1) is 25.2 Å². The summed E-state index contributed by atoms with van der Waals surface area (Å²) in [5, 5.41) is 64.6. The van der Waals surface area contributed by atoms with Gasteiger partial charge >= 0.3 is 5.97 Å². The van der Waals surface area contributed by atoms with Crippen molar-refractivity contribution in [2.45, 2.75) is 62.5 Å². The Bertz CT molecular complexity index is 3960. The van der Waals surface area contributed by atoms with E-state index in [9.17, 15) is 44.9 Å². The fourth-order valence-corrected chi connectivity index (χ4v) is 13.4. The molecule has 5 aliphatic heterocycles. The highest BCUT2D eigenvalue weighted by molar-refractivity contribution is 6.02. The van der Waals surface area contributed by atoms with Crippen molar-refractivity contribution in [3.05, 3.63) is 152 Å². The van der Waals surface area contributed by atoms with Gasteiger partial charge in [-0.1, -0.05) is 12.1 Å². The Hall–Kier alpha value is -9.98. The number of methoxy groups -OCH3 is 4. The summed E-state index contributed by atoms with van der Waals surface area (Å²) < 4.78 is 41.4. The SMILES string of the molecule is COc1c(C)c(OC)c2c(c1O)[C@@H]1[C@@H]3Cc4c(OC)c(C)c(OC)c(O)c4[C@H](CNC(=O)c4ccc5cc(OCNC(=O)CNC(=O)c6ccc7c(c6)C(=O)OC76c7ccc(O)cc7Oc7cc(O)ccc76)ccc5n4)N3[C@@H](C#N)[C@H](C2)N1C. The van der Waals surface area contributed by atoms with E-state index in [0.29, 0.717) is 79.1 Å². The first-order chi connectivity index (χ1) is 40.5. The summed E-state index contributed by atoms with van der Waals surface area (Å²) in [5.74, 6) is -0.461. The van der Waals surface area contributed by atoms with Gasteiger partial charge in [0.25, 0.3) is 11.8 Å². The largest absolute Gasteiger partial charge is 0.508 e. The smallest absolute Gasteiger partial charge is 0.340 e. The summed E-state index contributed by atoms with van der Waals surface area (Å²) in [4.78, 5) is 63.0. The van der Waals surface area contributed by atoms with Gasteiger partial charge in [-0.3, -0.25) is 24.2 Å². The molecule has 22 heteroatoms. The summed E-state index contributed by atoms with van der Waals surface area (Å²) >= 11 is 0. The number of nitrogens with zero attached hydrogens (tertiary/aromatic N) is 4. The van der Waals surface area contributed by atoms with Crippen molar-refractivity contribution < 1.29 is 72.8 Å². The van der Waals surface area contributed by atoms with Crippen molar-refractivity contribution in [2.75, 3.05) is 55.3 Å². The first kappa shape index (κ1) is 54.6. The number of nitrogens with one attached hydrogen (secondary N) is 3. The monoisotopic (exact) mass is 1140 g/mol. The maximum Gasteiger partial charge on any atom is 0.340 e. The second-order valence-electron chi connectivity index (χ2n) is 21.2. The highest BCUT2D eigenvalue weighted by Crippen LogP contribution is 2.60. The zero-order valence-corrected chi connectivity index (χ0v) is 46.6. The summed E-state index contributed by atoms with van der Waals surface area (Å²) in [6.07, 6.45) is 0.636. The van der Waals surface area contributed by atoms with Gasteiger partial charge in [-0.2, -0.15) is 5.26 Å². The Morgan fingerprint density at radius 3 is 1.99 bits per heavy atom. The van der Waals surface area contributed by atoms with Gasteiger partial charge in [0.1, 0.15) is 52.0 Å². The number of ether oxygens (including phenoxy) is 7. The molecule has 6 heterocycles. The molecule has 3 amide bonds. The molecule has 5 atom stereocenters. The molecule has 2 bridgehead atoms. The number of pyridine rings is 1. The number of benzene rings is 6. The highest BCUT2D eigenvalue weighted by Gasteiger charge is 2.58. The average molecular weight is 1140 g/mol. The molecule has 0 aliphatic carbocycles. The topological polar surface area (TPSA) is 293 Å². The van der Waals surface area contributed by atoms with E-state index in [-0.39, 0.29) is 82.5 Å². The number of rotatable bonds is 13. The molecule has 12 rings (SSSR count). The third kappa shape index (κ3) is 8.39. The lowest BCUT2D eigenvalue weighted by atomic mass is 9.71. The lowest BCUT2D eigenvalue weighted by Gasteiger charge is -2.60. The van der Waals surface area contributed by atoms with E-state index in [2.05, 4.69) is 31.9 Å². The highest BCUT2D eigenvalue weighted by atomic mass is 16.6. The van der Waals surface area contributed by atoms with Crippen LogP contribution in [0.2, 0.25) is 0 Å². The molecule has 84 heavy (non-hydrogen) atoms. The number of aromatic hydroxyl groups is 4. The molecule has 1 fully saturated rings. The van der Waals surface area contributed by atoms with E-state index >= 15 is 0 Å². The van der Waals surface area contributed by atoms with Crippen LogP contribution in [0.5, 0.6) is 63.2 Å². The van der Waals surface area contributed by atoms with Gasteiger partial charge in [0.05, 0.1) is 64.2 Å². The number of phenolic OH excluding ortho intramolecular Hbond substituents is 4. The van der Waals surface area contributed by atoms with Crippen LogP contribution in [-0.2, 0) is 28.0 Å². The minimum Gasteiger partial charge on any atom is -0.508 e. The second kappa shape index (κ2) is 20.8. The standard InChI is InChI=1S/C62H57N7O15/c1-28-55(78-4)36-23-44-52-51-37(56(79-5)29(2)58(81-7)54(51)74)22-43(68(52)3)45(24-63)69(44)46(50(36)53(73)57(28)80-6)25-64-60(76)42-16-9-30-18-34(12-17-41(30)67-42)82-27-66-49(72)26-65-59(75)31-8-13-38-35(19-31)61(77)84-62(38)39-14-10-32(70)20-47(39)83-48-21-33(71)11-15-40(48)62/h8-21,43-46,52,70-71,73-74H,22-23,25-27H2,1-7H3,(H,64,76)(H,65,75)(H,66,72)/t43-,44-,45-,46-,52-/m0/s1. The minimum absolute atomic E-state index is 0.0237. The maximum absolute atomic E-state index is 14.3. The number of fused-ring (bicyclic) bond motifs is 14. The Morgan fingerprint density at radius 1 is 0.726 bits per heavy atom. The Morgan fingerprint density at radius 2 is 1.35 bits per heavy atom. The number of hydrogen-bond donors (Lipinski definition) is 7. The number of phenols is 4. The molecule has 0 saturated carbocycles. The fourth-order valence-electron chi connectivity index (χ4n) is 13.4. The fraction of sp³-hybridized carbons (Fsp3) is 0.290. The predicted octanol–water partition coefficient (Wildman–Crippen LogP) is 6.36. The molecule has 1 saturated heterocycles. The number of esters is 1. The molecule has 6 aromatic carbocycles. The molecule has 7 N–H and O–H groups in total. The number of hydrogen-bond acceptors (Lipinski definition) is 19. The van der Waals surface area contributed by atoms with Gasteiger partial charge in [0, 0.05) is 91.8 Å². The van der Waals surface area contributed by atoms with Crippen LogP contribution >= 0.6 is 0 Å². The normalized spacial score (nSPS) is 19.4. The number of piperazine rings is 1. The Labute approximate surface area is 480 Å². The molecule has 430 valence electrons. The molecule has 22 nitrogen and oxygen atoms in total. The van der Waals surface area contributed by atoms with Crippen molar-refractivity contribution in [3.63, 3.8) is 0 Å². The maximum atomic E-state index is 14.3. The molecule has 0 radical (unpaired) electrons. The van der Waals surface area contributed by atoms with E-state index in [1.165, 1.54) is 50.6 Å². The van der Waals surface area contributed by atoms with Crippen molar-refractivity contribution in [2.24, 2.45) is 0 Å². The average Bonchev–Trinajstić information content (AvgIpc) is 1.15. The van der Waals surface area contributed by atoms with Crippen LogP contribution < -0.4 is 44.4 Å². The molecule has 0 unspecified atom stereocenters. The number of likely N-dealkylation sites (N-methyl/N-ethyl adjacent to an activating group) is 1. The van der Waals surface area contributed by atoms with Gasteiger partial charge in [-0.25, -0.2) is 9.78 Å². The first-order valence-corrected chi connectivity index (χ1v) is 26.9. The third-order valence-corrected chi connectivity index (χ3v) is 17.0. The van der Waals surface area contributed by atoms with Crippen LogP contribution in [0.1, 0.15) is 93.4 Å². The summed E-state index contributed by atoms with van der Waals surface area (Å²) in [6.45, 7) is 2.84. The van der Waals surface area contributed by atoms with Gasteiger partial charge in [-0.05, 0) is 94.4 Å². The lowest BCUT2D eigenvalue weighted by Crippen LogP contribution is -2.68. The molecular formula is C62H57N7O15. The lowest BCUT2D eigenvalue weighted by molar-refractivity contribution is -0.121. The number of carbonyl (C=O) groups is 4. The van der Waals surface area contributed by atoms with E-state index in [1.807, 2.05) is 18.9 Å². The zero-order valence-electron chi connectivity index (χ0n) is 46.6. The molecule has 7 aromatic rings. The van der Waals surface area contributed by atoms with E-state index < -0.39 is 66.0 Å². The van der Waals surface area contributed by atoms with Crippen molar-refractivity contribution in [3.8, 4) is 69.3 Å². The van der Waals surface area contributed by atoms with E-state index in [1.54, 1.807) is 69.7 Å². The molecular weight excluding hydrogens is 1080 g/mol. The Kier molecular flexibility index (Phi) is 13.5. The molecule has 1 spiro atoms. The van der Waals surface area contributed by atoms with Crippen LogP contribution in [-0.4, -0.2) is 132 Å². The molecule has 5 aliphatic rings. The number of carbonyl (C=O) groups excluding carboxylic acids is 4. The van der Waals surface area contributed by atoms with Crippen LogP contribution in [0.4, 0.5) is 0 Å². The van der Waals surface area contributed by atoms with Gasteiger partial charge in [0.15, 0.2) is 35.3 Å². The van der Waals surface area contributed by atoms with Gasteiger partial charge in [-0.15, -0.1) is 0 Å². The van der Waals surface area contributed by atoms with Crippen molar-refractivity contribution in [1.82, 2.24) is 30.7 Å². The van der Waals surface area contributed by atoms with E-state index in [0.717, 1.165) is 5.56 Å². The quantitative estimate of drug-likeness (QED) is 0.0488. The summed E-state index contributed by atoms with van der Waals surface area (Å²) in [6, 6.07) is 21.1. The predicted molar refractivity (Wildman–Crippen MR) is 299 cm³/mol. The molecule has 1 aromatic heterocycles. The van der Waals surface area contributed by atoms with Crippen molar-refractivity contribution >= 4 is 34.6 Å². The zero-order chi connectivity index (χ0) is 59.2. The van der Waals surface area contributed by atoms with Crippen LogP contribution in [0.3, 0.4) is 0 Å². The first-order valence-electron chi connectivity index (χ1n) is 26.9. The van der Waals surface area contributed by atoms with Crippen LogP contribution in [0.25, 0.3) is 10.9 Å². The minimum atomic E-state index is -1.51. The van der Waals surface area contributed by atoms with E-state index in [4.69, 9.17) is 33.2 Å². The number of amides is 3. The third-order valence-electron chi connectivity index (χ3n) is 17.0. The summed E-state index contributed by atoms with van der Waals surface area (Å²) in [5.41, 5.74) is 4.21. The number of aromatic nitrogens is 1.